The summed E-state index contributed by atoms with van der Waals surface area (Å²) in [7, 11) is -3.75. The van der Waals surface area contributed by atoms with Crippen LogP contribution in [0.3, 0.4) is 0 Å². The van der Waals surface area contributed by atoms with Crippen molar-refractivity contribution in [2.45, 2.75) is 25.2 Å². The van der Waals surface area contributed by atoms with E-state index in [0.717, 1.165) is 11.1 Å². The van der Waals surface area contributed by atoms with Crippen molar-refractivity contribution in [1.82, 2.24) is 0 Å². The van der Waals surface area contributed by atoms with Gasteiger partial charge in [-0.05, 0) is 66.9 Å². The van der Waals surface area contributed by atoms with E-state index < -0.39 is 10.0 Å². The molecule has 0 heterocycles. The maximum absolute atomic E-state index is 12.7. The van der Waals surface area contributed by atoms with Crippen molar-refractivity contribution >= 4 is 50.5 Å². The summed E-state index contributed by atoms with van der Waals surface area (Å²) < 4.78 is 28.1. The van der Waals surface area contributed by atoms with Gasteiger partial charge in [-0.25, -0.2) is 8.42 Å². The Labute approximate surface area is 186 Å². The molecule has 0 aliphatic carbocycles. The lowest BCUT2D eigenvalue weighted by Crippen LogP contribution is -2.16. The van der Waals surface area contributed by atoms with Gasteiger partial charge in [0.15, 0.2) is 0 Å². The molecule has 30 heavy (non-hydrogen) atoms. The fraction of sp³-hybridized carbons (Fsp3) is 0.136. The first-order valence-corrected chi connectivity index (χ1v) is 11.3. The van der Waals surface area contributed by atoms with Crippen molar-refractivity contribution in [2.24, 2.45) is 0 Å². The standard InChI is InChI=1S/C22H20Cl2N2O3S/c1-14-4-3-5-15(2)22(14)26-30(28,29)19-10-8-18(9-11-19)25-21(27)12-16-6-7-17(23)13-20(16)24/h3-11,13,26H,12H2,1-2H3,(H,25,27). The average molecular weight is 463 g/mol. The maximum Gasteiger partial charge on any atom is 0.261 e. The number of hydrogen-bond donors (Lipinski definition) is 2. The third-order valence-electron chi connectivity index (χ3n) is 4.53. The number of nitrogens with one attached hydrogen (secondary N) is 2. The molecule has 3 aromatic carbocycles. The summed E-state index contributed by atoms with van der Waals surface area (Å²) >= 11 is 12.0. The van der Waals surface area contributed by atoms with Gasteiger partial charge in [0.2, 0.25) is 5.91 Å². The van der Waals surface area contributed by atoms with Gasteiger partial charge in [-0.3, -0.25) is 9.52 Å². The van der Waals surface area contributed by atoms with E-state index in [1.54, 1.807) is 30.3 Å². The number of carbonyl (C=O) groups is 1. The Kier molecular flexibility index (Phi) is 6.71. The average Bonchev–Trinajstić information content (AvgIpc) is 2.67. The predicted molar refractivity (Wildman–Crippen MR) is 122 cm³/mol. The fourth-order valence-corrected chi connectivity index (χ4v) is 4.61. The van der Waals surface area contributed by atoms with Gasteiger partial charge in [-0.15, -0.1) is 0 Å². The third kappa shape index (κ3) is 5.33. The number of benzene rings is 3. The van der Waals surface area contributed by atoms with Crippen molar-refractivity contribution in [2.75, 3.05) is 10.0 Å². The van der Waals surface area contributed by atoms with Gasteiger partial charge in [0.25, 0.3) is 10.0 Å². The Morgan fingerprint density at radius 2 is 1.57 bits per heavy atom. The Balaban J connectivity index is 1.70. The van der Waals surface area contributed by atoms with Crippen LogP contribution in [0.25, 0.3) is 0 Å². The van der Waals surface area contributed by atoms with E-state index in [1.807, 2.05) is 32.0 Å². The molecule has 0 spiro atoms. The summed E-state index contributed by atoms with van der Waals surface area (Å²) in [5, 5.41) is 3.64. The van der Waals surface area contributed by atoms with E-state index in [2.05, 4.69) is 10.0 Å². The Hall–Kier alpha value is -2.54. The first kappa shape index (κ1) is 22.2. The molecule has 0 bridgehead atoms. The second kappa shape index (κ2) is 9.08. The van der Waals surface area contributed by atoms with Crippen LogP contribution in [0.15, 0.2) is 65.6 Å². The number of sulfonamides is 1. The highest BCUT2D eigenvalue weighted by molar-refractivity contribution is 7.92. The van der Waals surface area contributed by atoms with E-state index in [0.29, 0.717) is 27.0 Å². The Bertz CT molecular complexity index is 1170. The third-order valence-corrected chi connectivity index (χ3v) is 6.48. The molecule has 3 aromatic rings. The number of carbonyl (C=O) groups excluding carboxylic acids is 1. The summed E-state index contributed by atoms with van der Waals surface area (Å²) in [5.74, 6) is -0.275. The number of anilines is 2. The summed E-state index contributed by atoms with van der Waals surface area (Å²) in [4.78, 5) is 12.4. The van der Waals surface area contributed by atoms with Crippen molar-refractivity contribution in [3.63, 3.8) is 0 Å². The normalized spacial score (nSPS) is 11.2. The number of halogens is 2. The number of para-hydroxylation sites is 1. The molecule has 1 amide bonds. The van der Waals surface area contributed by atoms with Crippen LogP contribution >= 0.6 is 23.2 Å². The first-order valence-electron chi connectivity index (χ1n) is 9.08. The van der Waals surface area contributed by atoms with Gasteiger partial charge in [0.05, 0.1) is 17.0 Å². The summed E-state index contributed by atoms with van der Waals surface area (Å²) in [6.45, 7) is 3.69. The van der Waals surface area contributed by atoms with Crippen molar-refractivity contribution in [3.8, 4) is 0 Å². The summed E-state index contributed by atoms with van der Waals surface area (Å²) in [6.07, 6.45) is 0.0736. The van der Waals surface area contributed by atoms with Crippen LogP contribution in [0, 0.1) is 13.8 Å². The monoisotopic (exact) mass is 462 g/mol. The zero-order valence-corrected chi connectivity index (χ0v) is 18.7. The van der Waals surface area contributed by atoms with Crippen molar-refractivity contribution in [1.29, 1.82) is 0 Å². The fourth-order valence-electron chi connectivity index (χ4n) is 2.93. The largest absolute Gasteiger partial charge is 0.326 e. The lowest BCUT2D eigenvalue weighted by molar-refractivity contribution is -0.115. The second-order valence-corrected chi connectivity index (χ2v) is 9.38. The van der Waals surface area contributed by atoms with E-state index in [9.17, 15) is 13.2 Å². The van der Waals surface area contributed by atoms with Crippen LogP contribution in [-0.4, -0.2) is 14.3 Å². The topological polar surface area (TPSA) is 75.3 Å². The minimum Gasteiger partial charge on any atom is -0.326 e. The molecule has 0 fully saturated rings. The lowest BCUT2D eigenvalue weighted by atomic mass is 10.1. The molecule has 0 unspecified atom stereocenters. The molecular formula is C22H20Cl2N2O3S. The molecular weight excluding hydrogens is 443 g/mol. The molecule has 156 valence electrons. The second-order valence-electron chi connectivity index (χ2n) is 6.86. The van der Waals surface area contributed by atoms with Crippen LogP contribution in [0.2, 0.25) is 10.0 Å². The number of hydrogen-bond acceptors (Lipinski definition) is 3. The van der Waals surface area contributed by atoms with Crippen LogP contribution in [0.5, 0.6) is 0 Å². The Morgan fingerprint density at radius 3 is 2.17 bits per heavy atom. The van der Waals surface area contributed by atoms with Crippen LogP contribution in [0.1, 0.15) is 16.7 Å². The molecule has 0 saturated heterocycles. The SMILES string of the molecule is Cc1cccc(C)c1NS(=O)(=O)c1ccc(NC(=O)Cc2ccc(Cl)cc2Cl)cc1. The van der Waals surface area contributed by atoms with Gasteiger partial charge in [-0.1, -0.05) is 47.5 Å². The molecule has 5 nitrogen and oxygen atoms in total. The minimum absolute atomic E-state index is 0.0736. The summed E-state index contributed by atoms with van der Waals surface area (Å²) in [5.41, 5.74) is 3.37. The molecule has 0 aromatic heterocycles. The molecule has 0 aliphatic heterocycles. The summed E-state index contributed by atoms with van der Waals surface area (Å²) in [6, 6.07) is 16.5. The Morgan fingerprint density at radius 1 is 0.933 bits per heavy atom. The van der Waals surface area contributed by atoms with Crippen molar-refractivity contribution in [3.05, 3.63) is 87.4 Å². The smallest absolute Gasteiger partial charge is 0.261 e. The van der Waals surface area contributed by atoms with Crippen molar-refractivity contribution < 1.29 is 13.2 Å². The highest BCUT2D eigenvalue weighted by Crippen LogP contribution is 2.25. The van der Waals surface area contributed by atoms with E-state index in [1.165, 1.54) is 12.1 Å². The van der Waals surface area contributed by atoms with Gasteiger partial charge in [-0.2, -0.15) is 0 Å². The van der Waals surface area contributed by atoms with Gasteiger partial charge in [0, 0.05) is 15.7 Å². The zero-order valence-electron chi connectivity index (χ0n) is 16.4. The van der Waals surface area contributed by atoms with E-state index in [4.69, 9.17) is 23.2 Å². The first-order chi connectivity index (χ1) is 14.2. The molecule has 8 heteroatoms. The van der Waals surface area contributed by atoms with Crippen LogP contribution in [0.4, 0.5) is 11.4 Å². The lowest BCUT2D eigenvalue weighted by Gasteiger charge is -2.13. The minimum atomic E-state index is -3.75. The van der Waals surface area contributed by atoms with E-state index in [-0.39, 0.29) is 17.2 Å². The molecule has 0 saturated carbocycles. The highest BCUT2D eigenvalue weighted by atomic mass is 35.5. The quantitative estimate of drug-likeness (QED) is 0.500. The van der Waals surface area contributed by atoms with Crippen LogP contribution < -0.4 is 10.0 Å². The molecule has 3 rings (SSSR count). The highest BCUT2D eigenvalue weighted by Gasteiger charge is 2.17. The molecule has 0 aliphatic rings. The van der Waals surface area contributed by atoms with E-state index >= 15 is 0 Å². The predicted octanol–water partition coefficient (Wildman–Crippen LogP) is 5.59. The van der Waals surface area contributed by atoms with Gasteiger partial charge < -0.3 is 5.32 Å². The zero-order chi connectivity index (χ0) is 21.9. The molecule has 0 radical (unpaired) electrons. The number of amides is 1. The number of aryl methyl sites for hydroxylation is 2. The molecule has 2 N–H and O–H groups in total. The van der Waals surface area contributed by atoms with Crippen LogP contribution in [-0.2, 0) is 21.2 Å². The van der Waals surface area contributed by atoms with Gasteiger partial charge >= 0.3 is 0 Å². The maximum atomic E-state index is 12.7. The number of rotatable bonds is 6. The molecule has 0 atom stereocenters. The van der Waals surface area contributed by atoms with Gasteiger partial charge in [0.1, 0.15) is 0 Å².